The van der Waals surface area contributed by atoms with Crippen LogP contribution in [0.2, 0.25) is 0 Å². The summed E-state index contributed by atoms with van der Waals surface area (Å²) in [5.41, 5.74) is 0.806. The minimum Gasteiger partial charge on any atom is -0.326 e. The molecule has 3 heterocycles. The van der Waals surface area contributed by atoms with E-state index in [1.807, 2.05) is 18.4 Å². The number of thioether (sulfide) groups is 1. The van der Waals surface area contributed by atoms with E-state index in [1.165, 1.54) is 34.4 Å². The Morgan fingerprint density at radius 3 is 3.08 bits per heavy atom. The Balaban J connectivity index is 1.71. The number of thiophene rings is 1. The highest BCUT2D eigenvalue weighted by atomic mass is 32.2. The number of thiazole rings is 1. The van der Waals surface area contributed by atoms with Crippen LogP contribution in [0.4, 0.5) is 5.13 Å². The highest BCUT2D eigenvalue weighted by Gasteiger charge is 2.33. The first-order chi connectivity index (χ1) is 12.6. The van der Waals surface area contributed by atoms with Gasteiger partial charge in [0.05, 0.1) is 26.6 Å². The van der Waals surface area contributed by atoms with Crippen molar-refractivity contribution in [3.8, 4) is 6.07 Å². The zero-order valence-corrected chi connectivity index (χ0v) is 16.7. The van der Waals surface area contributed by atoms with Crippen LogP contribution in [0.1, 0.15) is 34.6 Å². The molecule has 2 aromatic heterocycles. The molecule has 26 heavy (non-hydrogen) atoms. The number of hydrogen-bond donors (Lipinski definition) is 1. The molecule has 0 aromatic carbocycles. The van der Waals surface area contributed by atoms with Crippen LogP contribution in [0.3, 0.4) is 0 Å². The molecule has 9 heteroatoms. The van der Waals surface area contributed by atoms with Crippen LogP contribution in [0.25, 0.3) is 0 Å². The van der Waals surface area contributed by atoms with Crippen molar-refractivity contribution in [2.45, 2.75) is 36.4 Å². The number of aromatic nitrogens is 1. The molecule has 6 nitrogen and oxygen atoms in total. The minimum atomic E-state index is -0.474. The molecule has 0 radical (unpaired) electrons. The molecule has 1 atom stereocenters. The second-order valence-electron chi connectivity index (χ2n) is 5.82. The highest BCUT2D eigenvalue weighted by Crippen LogP contribution is 2.32. The summed E-state index contributed by atoms with van der Waals surface area (Å²) in [4.78, 5) is 32.2. The molecule has 0 spiro atoms. The van der Waals surface area contributed by atoms with Gasteiger partial charge in [0.25, 0.3) is 5.91 Å². The van der Waals surface area contributed by atoms with Crippen molar-refractivity contribution in [1.82, 2.24) is 9.88 Å². The molecular formula is C17H18N4O2S3. The predicted octanol–water partition coefficient (Wildman–Crippen LogP) is 3.76. The molecule has 2 aromatic rings. The van der Waals surface area contributed by atoms with Crippen molar-refractivity contribution in [3.05, 3.63) is 28.1 Å². The largest absolute Gasteiger partial charge is 0.326 e. The molecule has 2 amide bonds. The van der Waals surface area contributed by atoms with Gasteiger partial charge in [-0.15, -0.1) is 11.3 Å². The van der Waals surface area contributed by atoms with Crippen molar-refractivity contribution in [2.24, 2.45) is 0 Å². The van der Waals surface area contributed by atoms with E-state index >= 15 is 0 Å². The second-order valence-corrected chi connectivity index (χ2v) is 9.01. The van der Waals surface area contributed by atoms with Crippen LogP contribution in [0, 0.1) is 18.3 Å². The van der Waals surface area contributed by atoms with Crippen molar-refractivity contribution in [2.75, 3.05) is 17.6 Å². The van der Waals surface area contributed by atoms with Crippen LogP contribution in [0.15, 0.2) is 21.7 Å². The molecule has 3 rings (SSSR count). The van der Waals surface area contributed by atoms with Gasteiger partial charge < -0.3 is 10.2 Å². The summed E-state index contributed by atoms with van der Waals surface area (Å²) >= 11 is 4.17. The van der Waals surface area contributed by atoms with E-state index in [1.54, 1.807) is 11.0 Å². The average molecular weight is 407 g/mol. The Labute approximate surface area is 164 Å². The molecular weight excluding hydrogens is 388 g/mol. The minimum absolute atomic E-state index is 0.0829. The van der Waals surface area contributed by atoms with Gasteiger partial charge in [0.2, 0.25) is 5.91 Å². The first kappa shape index (κ1) is 18.9. The van der Waals surface area contributed by atoms with E-state index in [2.05, 4.69) is 16.4 Å². The SMILES string of the molecule is Cc1nc(NC(=O)C2CCCCN2C(=O)c2cccs2)sc1SCC#N. The summed E-state index contributed by atoms with van der Waals surface area (Å²) in [6, 6.07) is 5.25. The van der Waals surface area contributed by atoms with Gasteiger partial charge in [0, 0.05) is 6.54 Å². The molecule has 1 saturated heterocycles. The highest BCUT2D eigenvalue weighted by molar-refractivity contribution is 8.01. The summed E-state index contributed by atoms with van der Waals surface area (Å²) in [6.45, 7) is 2.45. The summed E-state index contributed by atoms with van der Waals surface area (Å²) in [5.74, 6) is 0.0721. The Bertz CT molecular complexity index is 826. The van der Waals surface area contributed by atoms with Crippen molar-refractivity contribution in [3.63, 3.8) is 0 Å². The van der Waals surface area contributed by atoms with Gasteiger partial charge in [-0.3, -0.25) is 9.59 Å². The van der Waals surface area contributed by atoms with Gasteiger partial charge in [-0.2, -0.15) is 5.26 Å². The average Bonchev–Trinajstić information content (AvgIpc) is 3.29. The van der Waals surface area contributed by atoms with E-state index < -0.39 is 6.04 Å². The van der Waals surface area contributed by atoms with Gasteiger partial charge in [0.1, 0.15) is 6.04 Å². The van der Waals surface area contributed by atoms with Crippen molar-refractivity contribution in [1.29, 1.82) is 5.26 Å². The fourth-order valence-corrected chi connectivity index (χ4v) is 5.33. The lowest BCUT2D eigenvalue weighted by atomic mass is 10.0. The smallest absolute Gasteiger partial charge is 0.264 e. The number of aryl methyl sites for hydroxylation is 1. The van der Waals surface area contributed by atoms with Gasteiger partial charge >= 0.3 is 0 Å². The first-order valence-corrected chi connectivity index (χ1v) is 10.9. The molecule has 0 bridgehead atoms. The summed E-state index contributed by atoms with van der Waals surface area (Å²) in [6.07, 6.45) is 2.49. The van der Waals surface area contributed by atoms with Crippen molar-refractivity contribution >= 4 is 51.4 Å². The van der Waals surface area contributed by atoms with Crippen LogP contribution in [0.5, 0.6) is 0 Å². The van der Waals surface area contributed by atoms with Gasteiger partial charge in [-0.25, -0.2) is 4.98 Å². The maximum Gasteiger partial charge on any atom is 0.264 e. The molecule has 136 valence electrons. The molecule has 1 aliphatic rings. The Kier molecular flexibility index (Phi) is 6.29. The number of nitrogens with one attached hydrogen (secondary N) is 1. The number of piperidine rings is 1. The van der Waals surface area contributed by atoms with Crippen LogP contribution < -0.4 is 5.32 Å². The molecule has 0 saturated carbocycles. The number of hydrogen-bond acceptors (Lipinski definition) is 7. The topological polar surface area (TPSA) is 86.1 Å². The normalized spacial score (nSPS) is 16.9. The van der Waals surface area contributed by atoms with Crippen LogP contribution in [-0.2, 0) is 4.79 Å². The Morgan fingerprint density at radius 1 is 1.50 bits per heavy atom. The van der Waals surface area contributed by atoms with E-state index in [-0.39, 0.29) is 11.8 Å². The number of nitrogens with zero attached hydrogens (tertiary/aromatic N) is 3. The Morgan fingerprint density at radius 2 is 2.35 bits per heavy atom. The predicted molar refractivity (Wildman–Crippen MR) is 105 cm³/mol. The van der Waals surface area contributed by atoms with E-state index in [4.69, 9.17) is 5.26 Å². The van der Waals surface area contributed by atoms with Gasteiger partial charge in [-0.05, 0) is 37.6 Å². The standard InChI is InChI=1S/C17H18N4O2S3/c1-11-16(25-10-7-18)26-17(19-11)20-14(22)12-5-2-3-8-21(12)15(23)13-6-4-9-24-13/h4,6,9,12H,2-3,5,8,10H2,1H3,(H,19,20,22). The number of likely N-dealkylation sites (tertiary alicyclic amines) is 1. The Hall–Kier alpha value is -1.89. The third-order valence-corrected chi connectivity index (χ3v) is 7.21. The van der Waals surface area contributed by atoms with E-state index in [9.17, 15) is 9.59 Å². The fraction of sp³-hybridized carbons (Fsp3) is 0.412. The molecule has 1 aliphatic heterocycles. The molecule has 1 fully saturated rings. The monoisotopic (exact) mass is 406 g/mol. The zero-order valence-electron chi connectivity index (χ0n) is 14.2. The lowest BCUT2D eigenvalue weighted by molar-refractivity contribution is -0.121. The maximum absolute atomic E-state index is 12.8. The van der Waals surface area contributed by atoms with Crippen LogP contribution in [-0.4, -0.2) is 40.0 Å². The van der Waals surface area contributed by atoms with E-state index in [0.29, 0.717) is 28.7 Å². The number of nitriles is 1. The van der Waals surface area contributed by atoms with Gasteiger partial charge in [-0.1, -0.05) is 29.2 Å². The zero-order chi connectivity index (χ0) is 18.5. The molecule has 0 aliphatic carbocycles. The second kappa shape index (κ2) is 8.66. The number of anilines is 1. The molecule has 1 N–H and O–H groups in total. The summed E-state index contributed by atoms with van der Waals surface area (Å²) < 4.78 is 0.928. The number of carbonyl (C=O) groups is 2. The number of rotatable bonds is 5. The molecule has 1 unspecified atom stereocenters. The third-order valence-electron chi connectivity index (χ3n) is 4.05. The lowest BCUT2D eigenvalue weighted by Crippen LogP contribution is -2.49. The van der Waals surface area contributed by atoms with E-state index in [0.717, 1.165) is 22.7 Å². The lowest BCUT2D eigenvalue weighted by Gasteiger charge is -2.34. The maximum atomic E-state index is 12.8. The van der Waals surface area contributed by atoms with Gasteiger partial charge in [0.15, 0.2) is 5.13 Å². The summed E-state index contributed by atoms with van der Waals surface area (Å²) in [5, 5.41) is 14.0. The summed E-state index contributed by atoms with van der Waals surface area (Å²) in [7, 11) is 0. The van der Waals surface area contributed by atoms with Crippen molar-refractivity contribution < 1.29 is 9.59 Å². The number of carbonyl (C=O) groups excluding carboxylic acids is 2. The third kappa shape index (κ3) is 4.26. The van der Waals surface area contributed by atoms with Crippen LogP contribution >= 0.6 is 34.4 Å². The quantitative estimate of drug-likeness (QED) is 0.764. The fourth-order valence-electron chi connectivity index (χ4n) is 2.85. The first-order valence-electron chi connectivity index (χ1n) is 8.22. The number of amides is 2.